The summed E-state index contributed by atoms with van der Waals surface area (Å²) in [6.45, 7) is 3.33. The SMILES string of the molecule is C=C(C)C(=O)OCCS(F)(F)CC(F)OC(F)(F)C(F)(F)C(F)(F)F. The Bertz CT molecular complexity index is 491. The van der Waals surface area contributed by atoms with Crippen LogP contribution in [0.15, 0.2) is 12.2 Å². The summed E-state index contributed by atoms with van der Waals surface area (Å²) in [4.78, 5) is 10.9. The molecule has 150 valence electrons. The van der Waals surface area contributed by atoms with Gasteiger partial charge in [-0.25, -0.2) is 9.18 Å². The monoisotopic (exact) mass is 414 g/mol. The van der Waals surface area contributed by atoms with Crippen molar-refractivity contribution in [3.63, 3.8) is 0 Å². The fourth-order valence-electron chi connectivity index (χ4n) is 1.09. The van der Waals surface area contributed by atoms with Gasteiger partial charge >= 0.3 is 24.2 Å². The van der Waals surface area contributed by atoms with E-state index in [0.717, 1.165) is 0 Å². The zero-order valence-electron chi connectivity index (χ0n) is 12.3. The summed E-state index contributed by atoms with van der Waals surface area (Å²) in [7, 11) is -5.12. The van der Waals surface area contributed by atoms with E-state index in [1.807, 2.05) is 0 Å². The molecule has 14 heteroatoms. The van der Waals surface area contributed by atoms with Gasteiger partial charge in [0.25, 0.3) is 0 Å². The highest BCUT2D eigenvalue weighted by Crippen LogP contribution is 2.53. The van der Waals surface area contributed by atoms with Crippen LogP contribution in [0.5, 0.6) is 0 Å². The number of rotatable bonds is 9. The topological polar surface area (TPSA) is 35.5 Å². The molecular formula is C11H12F10O3S. The number of esters is 1. The average Bonchev–Trinajstić information content (AvgIpc) is 2.34. The summed E-state index contributed by atoms with van der Waals surface area (Å²) < 4.78 is 132. The number of hydrogen-bond acceptors (Lipinski definition) is 3. The average molecular weight is 414 g/mol. The molecular weight excluding hydrogens is 402 g/mol. The van der Waals surface area contributed by atoms with E-state index in [4.69, 9.17) is 0 Å². The van der Waals surface area contributed by atoms with Crippen molar-refractivity contribution in [2.75, 3.05) is 18.1 Å². The van der Waals surface area contributed by atoms with Gasteiger partial charge in [-0.15, -0.1) is 0 Å². The number of alkyl halides is 8. The van der Waals surface area contributed by atoms with Crippen molar-refractivity contribution in [3.8, 4) is 0 Å². The van der Waals surface area contributed by atoms with Gasteiger partial charge in [0.05, 0.1) is 22.3 Å². The van der Waals surface area contributed by atoms with Crippen molar-refractivity contribution >= 4 is 16.8 Å². The van der Waals surface area contributed by atoms with Gasteiger partial charge in [-0.3, -0.25) is 4.74 Å². The van der Waals surface area contributed by atoms with Crippen LogP contribution < -0.4 is 0 Å². The highest BCUT2D eigenvalue weighted by atomic mass is 32.3. The molecule has 0 N–H and O–H groups in total. The van der Waals surface area contributed by atoms with Crippen molar-refractivity contribution in [2.24, 2.45) is 0 Å². The molecule has 0 aliphatic carbocycles. The van der Waals surface area contributed by atoms with Gasteiger partial charge in [0.2, 0.25) is 6.36 Å². The molecule has 0 aromatic rings. The highest BCUT2D eigenvalue weighted by molar-refractivity contribution is 8.25. The molecule has 3 nitrogen and oxygen atoms in total. The normalized spacial score (nSPS) is 15.6. The summed E-state index contributed by atoms with van der Waals surface area (Å²) in [5.41, 5.74) is -0.154. The number of hydrogen-bond donors (Lipinski definition) is 0. The largest absolute Gasteiger partial charge is 0.462 e. The molecule has 0 amide bonds. The van der Waals surface area contributed by atoms with Crippen molar-refractivity contribution in [2.45, 2.75) is 31.5 Å². The molecule has 1 atom stereocenters. The van der Waals surface area contributed by atoms with Gasteiger partial charge in [0, 0.05) is 5.57 Å². The first-order valence-electron chi connectivity index (χ1n) is 6.08. The molecule has 0 aliphatic heterocycles. The zero-order chi connectivity index (χ0) is 20.3. The summed E-state index contributed by atoms with van der Waals surface area (Å²) in [6.07, 6.45) is -17.0. The lowest BCUT2D eigenvalue weighted by Crippen LogP contribution is -2.54. The second kappa shape index (κ2) is 8.01. The molecule has 0 rings (SSSR count). The molecule has 25 heavy (non-hydrogen) atoms. The molecule has 0 saturated carbocycles. The first kappa shape index (κ1) is 23.8. The van der Waals surface area contributed by atoms with Crippen molar-refractivity contribution in [1.82, 2.24) is 0 Å². The van der Waals surface area contributed by atoms with Gasteiger partial charge in [-0.05, 0) is 6.92 Å². The van der Waals surface area contributed by atoms with Crippen LogP contribution in [-0.2, 0) is 14.3 Å². The van der Waals surface area contributed by atoms with E-state index < -0.39 is 59.4 Å². The maximum absolute atomic E-state index is 13.3. The molecule has 0 spiro atoms. The third kappa shape index (κ3) is 6.92. The lowest BCUT2D eigenvalue weighted by molar-refractivity contribution is -0.437. The third-order valence-corrected chi connectivity index (χ3v) is 3.85. The molecule has 1 unspecified atom stereocenters. The van der Waals surface area contributed by atoms with E-state index >= 15 is 0 Å². The van der Waals surface area contributed by atoms with Gasteiger partial charge in [0.15, 0.2) is 0 Å². The summed E-state index contributed by atoms with van der Waals surface area (Å²) >= 11 is 0. The molecule has 0 bridgehead atoms. The van der Waals surface area contributed by atoms with E-state index in [9.17, 15) is 47.7 Å². The van der Waals surface area contributed by atoms with Gasteiger partial charge in [-0.2, -0.15) is 38.5 Å². The van der Waals surface area contributed by atoms with E-state index in [-0.39, 0.29) is 5.57 Å². The summed E-state index contributed by atoms with van der Waals surface area (Å²) in [5.74, 6) is -11.4. The van der Waals surface area contributed by atoms with Crippen LogP contribution in [0.25, 0.3) is 0 Å². The fraction of sp³-hybridized carbons (Fsp3) is 0.727. The van der Waals surface area contributed by atoms with Gasteiger partial charge in [0.1, 0.15) is 6.61 Å². The number of halogens is 10. The minimum atomic E-state index is -6.79. The first-order chi connectivity index (χ1) is 10.9. The standard InChI is InChI=1S/C11H12F10O3S/c1-6(2)8(22)23-3-4-25(20,21)5-7(12)24-11(18,19)9(13,14)10(15,16)17/h7H,1,3-5H2,2H3. The van der Waals surface area contributed by atoms with Crippen LogP contribution in [0.2, 0.25) is 0 Å². The Labute approximate surface area is 136 Å². The van der Waals surface area contributed by atoms with E-state index in [0.29, 0.717) is 0 Å². The Balaban J connectivity index is 4.73. The second-order valence-electron chi connectivity index (χ2n) is 4.60. The Kier molecular flexibility index (Phi) is 7.64. The number of carbonyl (C=O) groups excluding carboxylic acids is 1. The second-order valence-corrected chi connectivity index (χ2v) is 6.74. The minimum Gasteiger partial charge on any atom is -0.461 e. The predicted molar refractivity (Wildman–Crippen MR) is 67.2 cm³/mol. The highest BCUT2D eigenvalue weighted by Gasteiger charge is 2.75. The molecule has 0 fully saturated rings. The Morgan fingerprint density at radius 3 is 2.00 bits per heavy atom. The number of ether oxygens (including phenoxy) is 2. The van der Waals surface area contributed by atoms with Crippen molar-refractivity contribution < 1.29 is 57.2 Å². The Morgan fingerprint density at radius 2 is 1.60 bits per heavy atom. The lowest BCUT2D eigenvalue weighted by Gasteiger charge is -2.30. The molecule has 0 aliphatic rings. The quantitative estimate of drug-likeness (QED) is 0.310. The predicted octanol–water partition coefficient (Wildman–Crippen LogP) is 4.78. The Morgan fingerprint density at radius 1 is 1.12 bits per heavy atom. The minimum absolute atomic E-state index is 0.154. The molecule has 0 radical (unpaired) electrons. The first-order valence-corrected chi connectivity index (χ1v) is 7.85. The van der Waals surface area contributed by atoms with E-state index in [1.54, 1.807) is 0 Å². The summed E-state index contributed by atoms with van der Waals surface area (Å²) in [5, 5.41) is 0. The zero-order valence-corrected chi connectivity index (χ0v) is 13.1. The van der Waals surface area contributed by atoms with Crippen LogP contribution in [-0.4, -0.2) is 48.6 Å². The molecule has 0 aromatic carbocycles. The van der Waals surface area contributed by atoms with Crippen LogP contribution in [0.4, 0.5) is 42.9 Å². The Hall–Kier alpha value is -1.18. The van der Waals surface area contributed by atoms with Crippen LogP contribution in [0, 0.1) is 0 Å². The maximum atomic E-state index is 13.3. The fourth-order valence-corrected chi connectivity index (χ4v) is 2.03. The van der Waals surface area contributed by atoms with Crippen LogP contribution in [0.1, 0.15) is 6.92 Å². The van der Waals surface area contributed by atoms with Crippen molar-refractivity contribution in [1.29, 1.82) is 0 Å². The van der Waals surface area contributed by atoms with Gasteiger partial charge < -0.3 is 4.74 Å². The third-order valence-electron chi connectivity index (χ3n) is 2.34. The molecule has 0 heterocycles. The van der Waals surface area contributed by atoms with E-state index in [2.05, 4.69) is 16.1 Å². The maximum Gasteiger partial charge on any atom is 0.462 e. The van der Waals surface area contributed by atoms with Crippen LogP contribution in [0.3, 0.4) is 0 Å². The van der Waals surface area contributed by atoms with E-state index in [1.165, 1.54) is 6.92 Å². The number of carbonyl (C=O) groups is 1. The van der Waals surface area contributed by atoms with Crippen molar-refractivity contribution in [3.05, 3.63) is 12.2 Å². The van der Waals surface area contributed by atoms with Crippen LogP contribution >= 0.6 is 10.8 Å². The molecule has 0 aromatic heterocycles. The lowest BCUT2D eigenvalue weighted by atomic mass is 10.3. The smallest absolute Gasteiger partial charge is 0.461 e. The molecule has 0 saturated heterocycles. The summed E-state index contributed by atoms with van der Waals surface area (Å²) in [6, 6.07) is 0. The van der Waals surface area contributed by atoms with Gasteiger partial charge in [-0.1, -0.05) is 6.58 Å².